The van der Waals surface area contributed by atoms with E-state index >= 15 is 0 Å². The lowest BCUT2D eigenvalue weighted by Crippen LogP contribution is -2.29. The van der Waals surface area contributed by atoms with Crippen LogP contribution < -0.4 is 20.1 Å². The van der Waals surface area contributed by atoms with Gasteiger partial charge in [-0.25, -0.2) is 0 Å². The SMILES string of the molecule is COCCCNC(=S)Nc1ccc(OC)cc1OC. The summed E-state index contributed by atoms with van der Waals surface area (Å²) in [6, 6.07) is 5.51. The number of thiocarbonyl (C=S) groups is 1. The predicted molar refractivity (Wildman–Crippen MR) is 80.3 cm³/mol. The number of rotatable bonds is 7. The number of methoxy groups -OCH3 is 3. The molecule has 0 heterocycles. The third-order valence-corrected chi connectivity index (χ3v) is 2.71. The average Bonchev–Trinajstić information content (AvgIpc) is 2.44. The summed E-state index contributed by atoms with van der Waals surface area (Å²) in [5, 5.41) is 6.74. The molecule has 1 rings (SSSR count). The van der Waals surface area contributed by atoms with Crippen LogP contribution in [-0.4, -0.2) is 39.6 Å². The maximum atomic E-state index is 5.28. The van der Waals surface area contributed by atoms with E-state index in [0.29, 0.717) is 17.5 Å². The second-order valence-electron chi connectivity index (χ2n) is 3.79. The first kappa shape index (κ1) is 15.5. The van der Waals surface area contributed by atoms with Gasteiger partial charge in [-0.05, 0) is 30.8 Å². The Kier molecular flexibility index (Phi) is 6.99. The zero-order chi connectivity index (χ0) is 14.1. The number of benzene rings is 1. The van der Waals surface area contributed by atoms with Crippen molar-refractivity contribution in [3.63, 3.8) is 0 Å². The van der Waals surface area contributed by atoms with Gasteiger partial charge in [0.1, 0.15) is 11.5 Å². The van der Waals surface area contributed by atoms with E-state index in [0.717, 1.165) is 24.4 Å². The highest BCUT2D eigenvalue weighted by atomic mass is 32.1. The first-order valence-corrected chi connectivity index (χ1v) is 6.38. The maximum absolute atomic E-state index is 5.28. The summed E-state index contributed by atoms with van der Waals surface area (Å²) in [4.78, 5) is 0. The van der Waals surface area contributed by atoms with E-state index in [1.165, 1.54) is 0 Å². The van der Waals surface area contributed by atoms with Crippen LogP contribution in [0.15, 0.2) is 18.2 Å². The molecule has 2 N–H and O–H groups in total. The lowest BCUT2D eigenvalue weighted by molar-refractivity contribution is 0.196. The summed E-state index contributed by atoms with van der Waals surface area (Å²) in [5.41, 5.74) is 0.799. The Labute approximate surface area is 119 Å². The summed E-state index contributed by atoms with van der Waals surface area (Å²) in [6.45, 7) is 1.47. The van der Waals surface area contributed by atoms with Crippen molar-refractivity contribution in [3.8, 4) is 11.5 Å². The van der Waals surface area contributed by atoms with Crippen LogP contribution >= 0.6 is 12.2 Å². The molecular weight excluding hydrogens is 264 g/mol. The molecule has 0 aromatic heterocycles. The summed E-state index contributed by atoms with van der Waals surface area (Å²) in [6.07, 6.45) is 0.901. The van der Waals surface area contributed by atoms with Gasteiger partial charge in [0.2, 0.25) is 0 Å². The largest absolute Gasteiger partial charge is 0.497 e. The van der Waals surface area contributed by atoms with E-state index < -0.39 is 0 Å². The van der Waals surface area contributed by atoms with Gasteiger partial charge in [-0.15, -0.1) is 0 Å². The molecule has 0 amide bonds. The highest BCUT2D eigenvalue weighted by molar-refractivity contribution is 7.80. The minimum absolute atomic E-state index is 0.555. The molecule has 19 heavy (non-hydrogen) atoms. The van der Waals surface area contributed by atoms with Gasteiger partial charge in [-0.1, -0.05) is 0 Å². The monoisotopic (exact) mass is 284 g/mol. The Morgan fingerprint density at radius 1 is 1.21 bits per heavy atom. The van der Waals surface area contributed by atoms with Crippen molar-refractivity contribution < 1.29 is 14.2 Å². The summed E-state index contributed by atoms with van der Waals surface area (Å²) < 4.78 is 15.4. The van der Waals surface area contributed by atoms with Crippen LogP contribution in [0.3, 0.4) is 0 Å². The second-order valence-corrected chi connectivity index (χ2v) is 4.20. The topological polar surface area (TPSA) is 51.8 Å². The van der Waals surface area contributed by atoms with E-state index in [1.54, 1.807) is 27.4 Å². The van der Waals surface area contributed by atoms with Crippen molar-refractivity contribution in [2.75, 3.05) is 39.8 Å². The van der Waals surface area contributed by atoms with Gasteiger partial charge in [0, 0.05) is 26.3 Å². The fourth-order valence-corrected chi connectivity index (χ4v) is 1.70. The van der Waals surface area contributed by atoms with Crippen LogP contribution in [0.2, 0.25) is 0 Å². The zero-order valence-corrected chi connectivity index (χ0v) is 12.3. The Bertz CT molecular complexity index is 413. The number of ether oxygens (including phenoxy) is 3. The molecule has 0 spiro atoms. The van der Waals surface area contributed by atoms with E-state index in [4.69, 9.17) is 26.4 Å². The summed E-state index contributed by atoms with van der Waals surface area (Å²) >= 11 is 5.20. The van der Waals surface area contributed by atoms with Crippen LogP contribution in [0.4, 0.5) is 5.69 Å². The minimum Gasteiger partial charge on any atom is -0.497 e. The smallest absolute Gasteiger partial charge is 0.170 e. The molecule has 6 heteroatoms. The molecule has 0 atom stereocenters. The molecule has 0 unspecified atom stereocenters. The van der Waals surface area contributed by atoms with Crippen LogP contribution in [0.5, 0.6) is 11.5 Å². The van der Waals surface area contributed by atoms with Gasteiger partial charge in [0.05, 0.1) is 19.9 Å². The van der Waals surface area contributed by atoms with Crippen LogP contribution in [0.25, 0.3) is 0 Å². The molecule has 0 bridgehead atoms. The van der Waals surface area contributed by atoms with Gasteiger partial charge in [0.25, 0.3) is 0 Å². The standard InChI is InChI=1S/C13H20N2O3S/c1-16-8-4-7-14-13(19)15-11-6-5-10(17-2)9-12(11)18-3/h5-6,9H,4,7-8H2,1-3H3,(H2,14,15,19). The molecule has 1 aromatic carbocycles. The Hall–Kier alpha value is -1.53. The maximum Gasteiger partial charge on any atom is 0.170 e. The van der Waals surface area contributed by atoms with Gasteiger partial charge in [-0.3, -0.25) is 0 Å². The fraction of sp³-hybridized carbons (Fsp3) is 0.462. The average molecular weight is 284 g/mol. The van der Waals surface area contributed by atoms with E-state index in [9.17, 15) is 0 Å². The van der Waals surface area contributed by atoms with Gasteiger partial charge in [0.15, 0.2) is 5.11 Å². The Morgan fingerprint density at radius 2 is 2.00 bits per heavy atom. The number of hydrogen-bond acceptors (Lipinski definition) is 4. The van der Waals surface area contributed by atoms with Crippen molar-refractivity contribution in [1.82, 2.24) is 5.32 Å². The van der Waals surface area contributed by atoms with Crippen LogP contribution in [0, 0.1) is 0 Å². The van der Waals surface area contributed by atoms with Crippen LogP contribution in [-0.2, 0) is 4.74 Å². The molecule has 5 nitrogen and oxygen atoms in total. The molecular formula is C13H20N2O3S. The fourth-order valence-electron chi connectivity index (χ4n) is 1.49. The van der Waals surface area contributed by atoms with Crippen molar-refractivity contribution >= 4 is 23.0 Å². The molecule has 1 aromatic rings. The lowest BCUT2D eigenvalue weighted by Gasteiger charge is -2.14. The Morgan fingerprint density at radius 3 is 2.63 bits per heavy atom. The molecule has 106 valence electrons. The van der Waals surface area contributed by atoms with Gasteiger partial charge in [-0.2, -0.15) is 0 Å². The van der Waals surface area contributed by atoms with Crippen molar-refractivity contribution in [3.05, 3.63) is 18.2 Å². The van der Waals surface area contributed by atoms with Crippen LogP contribution in [0.1, 0.15) is 6.42 Å². The van der Waals surface area contributed by atoms with Gasteiger partial charge < -0.3 is 24.8 Å². The predicted octanol–water partition coefficient (Wildman–Crippen LogP) is 2.03. The van der Waals surface area contributed by atoms with E-state index in [1.807, 2.05) is 12.1 Å². The Balaban J connectivity index is 2.53. The molecule has 0 fully saturated rings. The number of hydrogen-bond donors (Lipinski definition) is 2. The lowest BCUT2D eigenvalue weighted by atomic mass is 10.2. The zero-order valence-electron chi connectivity index (χ0n) is 11.5. The van der Waals surface area contributed by atoms with Gasteiger partial charge >= 0.3 is 0 Å². The molecule has 0 saturated carbocycles. The first-order chi connectivity index (χ1) is 9.21. The van der Waals surface area contributed by atoms with Crippen molar-refractivity contribution in [2.24, 2.45) is 0 Å². The normalized spacial score (nSPS) is 9.84. The first-order valence-electron chi connectivity index (χ1n) is 5.97. The number of nitrogens with one attached hydrogen (secondary N) is 2. The molecule has 0 saturated heterocycles. The molecule has 0 aliphatic heterocycles. The highest BCUT2D eigenvalue weighted by Crippen LogP contribution is 2.28. The number of anilines is 1. The third-order valence-electron chi connectivity index (χ3n) is 2.47. The molecule has 0 aliphatic carbocycles. The van der Waals surface area contributed by atoms with Crippen molar-refractivity contribution in [2.45, 2.75) is 6.42 Å². The minimum atomic E-state index is 0.555. The molecule has 0 aliphatic rings. The highest BCUT2D eigenvalue weighted by Gasteiger charge is 2.06. The quantitative estimate of drug-likeness (QED) is 0.590. The molecule has 0 radical (unpaired) electrons. The second kappa shape index (κ2) is 8.55. The third kappa shape index (κ3) is 5.32. The van der Waals surface area contributed by atoms with Crippen molar-refractivity contribution in [1.29, 1.82) is 0 Å². The van der Waals surface area contributed by atoms with E-state index in [2.05, 4.69) is 10.6 Å². The summed E-state index contributed by atoms with van der Waals surface area (Å²) in [7, 11) is 4.90. The van der Waals surface area contributed by atoms with E-state index in [-0.39, 0.29) is 0 Å². The summed E-state index contributed by atoms with van der Waals surface area (Å²) in [5.74, 6) is 1.42.